The number of benzene rings is 1. The summed E-state index contributed by atoms with van der Waals surface area (Å²) < 4.78 is 11.1. The molecule has 1 aromatic carbocycles. The molecule has 1 aromatic rings. The van der Waals surface area contributed by atoms with Gasteiger partial charge in [0.2, 0.25) is 0 Å². The Morgan fingerprint density at radius 3 is 2.31 bits per heavy atom. The van der Waals surface area contributed by atoms with Gasteiger partial charge in [0.1, 0.15) is 5.75 Å². The van der Waals surface area contributed by atoms with Gasteiger partial charge in [-0.3, -0.25) is 0 Å². The maximum absolute atomic E-state index is 5.66. The van der Waals surface area contributed by atoms with Gasteiger partial charge in [0.25, 0.3) is 0 Å². The first-order valence-electron chi connectivity index (χ1n) is 5.80. The second-order valence-corrected chi connectivity index (χ2v) is 3.50. The van der Waals surface area contributed by atoms with Gasteiger partial charge in [-0.15, -0.1) is 0 Å². The minimum atomic E-state index is 0.116. The minimum absolute atomic E-state index is 0.116. The summed E-state index contributed by atoms with van der Waals surface area (Å²) in [4.78, 5) is 0. The highest BCUT2D eigenvalue weighted by atomic mass is 16.5. The van der Waals surface area contributed by atoms with Crippen molar-refractivity contribution in [1.29, 1.82) is 0 Å². The second-order valence-electron chi connectivity index (χ2n) is 3.50. The summed E-state index contributed by atoms with van der Waals surface area (Å²) in [5.74, 6) is 0.908. The molecule has 1 atom stereocenters. The summed E-state index contributed by atoms with van der Waals surface area (Å²) in [7, 11) is 1.93. The van der Waals surface area contributed by atoms with Crippen LogP contribution in [0.2, 0.25) is 0 Å². The van der Waals surface area contributed by atoms with E-state index in [1.807, 2.05) is 33.0 Å². The molecule has 90 valence electrons. The lowest BCUT2D eigenvalue weighted by molar-refractivity contribution is 0.0637. The third-order valence-corrected chi connectivity index (χ3v) is 2.32. The summed E-state index contributed by atoms with van der Waals surface area (Å²) in [5.41, 5.74) is 1.18. The number of hydrogen-bond acceptors (Lipinski definition) is 3. The molecule has 0 radical (unpaired) electrons. The fourth-order valence-corrected chi connectivity index (χ4v) is 1.60. The molecule has 0 heterocycles. The molecular formula is C13H21NO2. The molecule has 0 aliphatic carbocycles. The molecule has 0 aliphatic rings. The van der Waals surface area contributed by atoms with E-state index in [0.717, 1.165) is 18.9 Å². The van der Waals surface area contributed by atoms with Crippen LogP contribution >= 0.6 is 0 Å². The van der Waals surface area contributed by atoms with Gasteiger partial charge in [0, 0.05) is 13.2 Å². The summed E-state index contributed by atoms with van der Waals surface area (Å²) in [6, 6.07) is 8.09. The molecule has 0 saturated carbocycles. The third-order valence-electron chi connectivity index (χ3n) is 2.32. The molecule has 0 aliphatic heterocycles. The molecule has 1 N–H and O–H groups in total. The molecule has 3 nitrogen and oxygen atoms in total. The Hall–Kier alpha value is -1.06. The fourth-order valence-electron chi connectivity index (χ4n) is 1.60. The van der Waals surface area contributed by atoms with Crippen LogP contribution in [0.1, 0.15) is 25.5 Å². The monoisotopic (exact) mass is 223 g/mol. The molecule has 0 aromatic heterocycles. The predicted octanol–water partition coefficient (Wildman–Crippen LogP) is 2.38. The van der Waals surface area contributed by atoms with E-state index in [9.17, 15) is 0 Å². The average molecular weight is 223 g/mol. The van der Waals surface area contributed by atoms with Gasteiger partial charge in [-0.2, -0.15) is 0 Å². The van der Waals surface area contributed by atoms with Crippen molar-refractivity contribution in [2.24, 2.45) is 0 Å². The van der Waals surface area contributed by atoms with Gasteiger partial charge in [-0.1, -0.05) is 12.1 Å². The van der Waals surface area contributed by atoms with Gasteiger partial charge < -0.3 is 14.8 Å². The number of likely N-dealkylation sites (N-methyl/N-ethyl adjacent to an activating group) is 1. The molecule has 0 fully saturated rings. The van der Waals surface area contributed by atoms with E-state index in [0.29, 0.717) is 6.61 Å². The molecule has 0 spiro atoms. The zero-order valence-electron chi connectivity index (χ0n) is 10.3. The lowest BCUT2D eigenvalue weighted by Gasteiger charge is -2.17. The quantitative estimate of drug-likeness (QED) is 0.770. The zero-order chi connectivity index (χ0) is 11.8. The summed E-state index contributed by atoms with van der Waals surface area (Å²) in [6.07, 6.45) is 0.116. The van der Waals surface area contributed by atoms with Crippen LogP contribution in [0.5, 0.6) is 5.75 Å². The van der Waals surface area contributed by atoms with Crippen molar-refractivity contribution in [3.05, 3.63) is 29.8 Å². The van der Waals surface area contributed by atoms with Gasteiger partial charge in [0.15, 0.2) is 0 Å². The zero-order valence-corrected chi connectivity index (χ0v) is 10.3. The van der Waals surface area contributed by atoms with Crippen LogP contribution in [-0.2, 0) is 4.74 Å². The highest BCUT2D eigenvalue weighted by Gasteiger charge is 2.09. The molecule has 1 rings (SSSR count). The van der Waals surface area contributed by atoms with E-state index < -0.39 is 0 Å². The molecule has 0 saturated heterocycles. The fraction of sp³-hybridized carbons (Fsp3) is 0.538. The van der Waals surface area contributed by atoms with Crippen molar-refractivity contribution in [3.63, 3.8) is 0 Å². The van der Waals surface area contributed by atoms with E-state index in [4.69, 9.17) is 9.47 Å². The van der Waals surface area contributed by atoms with Crippen LogP contribution in [0.4, 0.5) is 0 Å². The smallest absolute Gasteiger partial charge is 0.119 e. The normalized spacial score (nSPS) is 12.4. The van der Waals surface area contributed by atoms with Crippen LogP contribution in [0.15, 0.2) is 24.3 Å². The summed E-state index contributed by atoms with van der Waals surface area (Å²) in [6.45, 7) is 6.24. The Morgan fingerprint density at radius 1 is 1.12 bits per heavy atom. The highest BCUT2D eigenvalue weighted by Crippen LogP contribution is 2.20. The van der Waals surface area contributed by atoms with Gasteiger partial charge in [0.05, 0.1) is 12.7 Å². The van der Waals surface area contributed by atoms with E-state index in [1.54, 1.807) is 0 Å². The van der Waals surface area contributed by atoms with E-state index in [-0.39, 0.29) is 6.10 Å². The highest BCUT2D eigenvalue weighted by molar-refractivity contribution is 5.28. The van der Waals surface area contributed by atoms with Crippen molar-refractivity contribution in [2.75, 3.05) is 26.8 Å². The van der Waals surface area contributed by atoms with E-state index in [1.165, 1.54) is 5.56 Å². The van der Waals surface area contributed by atoms with Crippen LogP contribution in [-0.4, -0.2) is 26.8 Å². The lowest BCUT2D eigenvalue weighted by Crippen LogP contribution is -2.19. The van der Waals surface area contributed by atoms with Crippen LogP contribution in [0.3, 0.4) is 0 Å². The Bertz CT molecular complexity index is 278. The van der Waals surface area contributed by atoms with Crippen LogP contribution in [0, 0.1) is 0 Å². The molecule has 16 heavy (non-hydrogen) atoms. The standard InChI is InChI=1S/C13H21NO2/c1-4-15-12-8-6-11(7-9-12)13(10-14-3)16-5-2/h6-9,13-14H,4-5,10H2,1-3H3/t13-/m0/s1. The third kappa shape index (κ3) is 3.83. The Labute approximate surface area is 97.8 Å². The first-order valence-corrected chi connectivity index (χ1v) is 5.80. The SMILES string of the molecule is CCOc1ccc([C@H](CNC)OCC)cc1. The second kappa shape index (κ2) is 7.25. The topological polar surface area (TPSA) is 30.5 Å². The molecule has 0 amide bonds. The van der Waals surface area contributed by atoms with Gasteiger partial charge >= 0.3 is 0 Å². The maximum Gasteiger partial charge on any atom is 0.119 e. The summed E-state index contributed by atoms with van der Waals surface area (Å²) >= 11 is 0. The largest absolute Gasteiger partial charge is 0.494 e. The van der Waals surface area contributed by atoms with E-state index in [2.05, 4.69) is 17.4 Å². The number of rotatable bonds is 7. The van der Waals surface area contributed by atoms with Crippen molar-refractivity contribution in [3.8, 4) is 5.75 Å². The molecular weight excluding hydrogens is 202 g/mol. The maximum atomic E-state index is 5.66. The first kappa shape index (κ1) is 13.0. The summed E-state index contributed by atoms with van der Waals surface area (Å²) in [5, 5.41) is 3.13. The lowest BCUT2D eigenvalue weighted by atomic mass is 10.1. The Morgan fingerprint density at radius 2 is 1.81 bits per heavy atom. The number of ether oxygens (including phenoxy) is 2. The Balaban J connectivity index is 2.68. The van der Waals surface area contributed by atoms with Gasteiger partial charge in [-0.05, 0) is 38.6 Å². The first-order chi connectivity index (χ1) is 7.81. The van der Waals surface area contributed by atoms with Crippen molar-refractivity contribution >= 4 is 0 Å². The molecule has 3 heteroatoms. The van der Waals surface area contributed by atoms with Crippen molar-refractivity contribution in [2.45, 2.75) is 20.0 Å². The van der Waals surface area contributed by atoms with Crippen molar-refractivity contribution in [1.82, 2.24) is 5.32 Å². The Kier molecular flexibility index (Phi) is 5.90. The van der Waals surface area contributed by atoms with Crippen LogP contribution < -0.4 is 10.1 Å². The number of nitrogens with one attached hydrogen (secondary N) is 1. The predicted molar refractivity (Wildman–Crippen MR) is 65.9 cm³/mol. The van der Waals surface area contributed by atoms with Crippen LogP contribution in [0.25, 0.3) is 0 Å². The minimum Gasteiger partial charge on any atom is -0.494 e. The number of hydrogen-bond donors (Lipinski definition) is 1. The van der Waals surface area contributed by atoms with E-state index >= 15 is 0 Å². The molecule has 0 unspecified atom stereocenters. The molecule has 0 bridgehead atoms. The average Bonchev–Trinajstić information content (AvgIpc) is 2.30. The van der Waals surface area contributed by atoms with Crippen molar-refractivity contribution < 1.29 is 9.47 Å². The van der Waals surface area contributed by atoms with Gasteiger partial charge in [-0.25, -0.2) is 0 Å².